The van der Waals surface area contributed by atoms with Gasteiger partial charge in [-0.1, -0.05) is 0 Å². The number of anilines is 1. The zero-order valence-corrected chi connectivity index (χ0v) is 14.7. The van der Waals surface area contributed by atoms with Gasteiger partial charge in [0.1, 0.15) is 0 Å². The highest BCUT2D eigenvalue weighted by atomic mass is 16.2. The second-order valence-corrected chi connectivity index (χ2v) is 6.52. The zero-order valence-electron chi connectivity index (χ0n) is 14.7. The molecule has 0 atom stereocenters. The zero-order chi connectivity index (χ0) is 18.3. The molecule has 1 aromatic carbocycles. The number of hydrogen-bond acceptors (Lipinski definition) is 4. The maximum Gasteiger partial charge on any atom is 0.254 e. The molecular formula is C19H19N5O2. The van der Waals surface area contributed by atoms with E-state index in [9.17, 15) is 9.59 Å². The Hall–Kier alpha value is -3.22. The molecule has 1 aliphatic heterocycles. The number of rotatable bonds is 2. The summed E-state index contributed by atoms with van der Waals surface area (Å²) in [6, 6.07) is 8.91. The van der Waals surface area contributed by atoms with Crippen molar-refractivity contribution in [3.8, 4) is 0 Å². The predicted molar refractivity (Wildman–Crippen MR) is 96.9 cm³/mol. The number of hydrogen-bond donors (Lipinski definition) is 1. The van der Waals surface area contributed by atoms with E-state index in [2.05, 4.69) is 15.4 Å². The monoisotopic (exact) mass is 349 g/mol. The molecule has 132 valence electrons. The fourth-order valence-corrected chi connectivity index (χ4v) is 3.31. The van der Waals surface area contributed by atoms with Gasteiger partial charge < -0.3 is 10.2 Å². The Balaban J connectivity index is 1.55. The Labute approximate surface area is 150 Å². The van der Waals surface area contributed by atoms with Crippen LogP contribution in [-0.2, 0) is 17.8 Å². The minimum Gasteiger partial charge on any atom is -0.334 e. The summed E-state index contributed by atoms with van der Waals surface area (Å²) in [5, 5.41) is 7.20. The molecule has 0 spiro atoms. The molecule has 0 saturated heterocycles. The average molecular weight is 349 g/mol. The van der Waals surface area contributed by atoms with Gasteiger partial charge in [-0.15, -0.1) is 0 Å². The molecule has 3 aromatic rings. The molecule has 7 heteroatoms. The van der Waals surface area contributed by atoms with Gasteiger partial charge in [-0.3, -0.25) is 9.59 Å². The number of nitrogens with one attached hydrogen (secondary N) is 1. The average Bonchev–Trinajstić information content (AvgIpc) is 3.01. The third kappa shape index (κ3) is 2.92. The van der Waals surface area contributed by atoms with Crippen LogP contribution in [0.15, 0.2) is 36.5 Å². The fraction of sp³-hybridized carbons (Fsp3) is 0.263. The van der Waals surface area contributed by atoms with E-state index in [1.807, 2.05) is 28.6 Å². The third-order valence-electron chi connectivity index (χ3n) is 4.51. The van der Waals surface area contributed by atoms with Crippen LogP contribution in [0.4, 0.5) is 5.69 Å². The summed E-state index contributed by atoms with van der Waals surface area (Å²) in [6.45, 7) is 4.56. The summed E-state index contributed by atoms with van der Waals surface area (Å²) in [7, 11) is 0. The van der Waals surface area contributed by atoms with Crippen LogP contribution in [0.1, 0.15) is 34.2 Å². The lowest BCUT2D eigenvalue weighted by Crippen LogP contribution is -2.37. The quantitative estimate of drug-likeness (QED) is 0.769. The molecule has 3 heterocycles. The molecule has 7 nitrogen and oxygen atoms in total. The first kappa shape index (κ1) is 16.3. The molecule has 26 heavy (non-hydrogen) atoms. The van der Waals surface area contributed by atoms with Crippen molar-refractivity contribution in [1.29, 1.82) is 0 Å². The first-order valence-electron chi connectivity index (χ1n) is 8.51. The minimum atomic E-state index is -0.135. The summed E-state index contributed by atoms with van der Waals surface area (Å²) in [5.74, 6) is -0.161. The molecule has 1 aliphatic rings. The summed E-state index contributed by atoms with van der Waals surface area (Å²) >= 11 is 0. The topological polar surface area (TPSA) is 79.6 Å². The molecule has 0 bridgehead atoms. The maximum atomic E-state index is 12.8. The van der Waals surface area contributed by atoms with Crippen LogP contribution in [0.25, 0.3) is 5.65 Å². The molecular weight excluding hydrogens is 330 g/mol. The highest BCUT2D eigenvalue weighted by Gasteiger charge is 2.24. The van der Waals surface area contributed by atoms with Crippen LogP contribution in [0.5, 0.6) is 0 Å². The van der Waals surface area contributed by atoms with E-state index < -0.39 is 0 Å². The number of amides is 2. The van der Waals surface area contributed by atoms with Crippen molar-refractivity contribution in [2.24, 2.45) is 0 Å². The van der Waals surface area contributed by atoms with Crippen LogP contribution >= 0.6 is 0 Å². The van der Waals surface area contributed by atoms with Gasteiger partial charge in [0.15, 0.2) is 5.65 Å². The number of nitrogens with zero attached hydrogens (tertiary/aromatic N) is 4. The summed E-state index contributed by atoms with van der Waals surface area (Å²) in [5.41, 5.74) is 5.20. The minimum absolute atomic E-state index is 0.0261. The largest absolute Gasteiger partial charge is 0.334 e. The lowest BCUT2D eigenvalue weighted by atomic mass is 10.1. The third-order valence-corrected chi connectivity index (χ3v) is 4.51. The van der Waals surface area contributed by atoms with E-state index in [4.69, 9.17) is 0 Å². The van der Waals surface area contributed by atoms with Gasteiger partial charge in [-0.25, -0.2) is 9.50 Å². The van der Waals surface area contributed by atoms with Crippen molar-refractivity contribution in [2.75, 3.05) is 11.9 Å². The maximum absolute atomic E-state index is 12.8. The SMILES string of the molecule is CC(=O)Nc1ccc(C(=O)N2CCc3c(cnc4cc(C)nn34)C2)cc1. The van der Waals surface area contributed by atoms with Gasteiger partial charge in [-0.2, -0.15) is 5.10 Å². The van der Waals surface area contributed by atoms with Gasteiger partial charge >= 0.3 is 0 Å². The Kier molecular flexibility index (Phi) is 3.91. The Morgan fingerprint density at radius 3 is 2.69 bits per heavy atom. The van der Waals surface area contributed by atoms with Gasteiger partial charge in [0, 0.05) is 55.5 Å². The van der Waals surface area contributed by atoms with Gasteiger partial charge in [0.05, 0.1) is 11.4 Å². The normalized spacial score (nSPS) is 13.5. The molecule has 2 amide bonds. The van der Waals surface area contributed by atoms with E-state index >= 15 is 0 Å². The van der Waals surface area contributed by atoms with Crippen molar-refractivity contribution in [2.45, 2.75) is 26.8 Å². The summed E-state index contributed by atoms with van der Waals surface area (Å²) < 4.78 is 1.88. The second kappa shape index (κ2) is 6.25. The van der Waals surface area contributed by atoms with Crippen LogP contribution in [0.2, 0.25) is 0 Å². The Morgan fingerprint density at radius 1 is 1.19 bits per heavy atom. The number of aryl methyl sites for hydroxylation is 1. The number of fused-ring (bicyclic) bond motifs is 3. The van der Waals surface area contributed by atoms with Crippen LogP contribution in [-0.4, -0.2) is 37.9 Å². The molecule has 4 rings (SSSR count). The smallest absolute Gasteiger partial charge is 0.254 e. The van der Waals surface area contributed by atoms with E-state index in [1.165, 1.54) is 6.92 Å². The van der Waals surface area contributed by atoms with Gasteiger partial charge in [-0.05, 0) is 31.2 Å². The lowest BCUT2D eigenvalue weighted by molar-refractivity contribution is -0.114. The number of aromatic nitrogens is 3. The molecule has 0 radical (unpaired) electrons. The van der Waals surface area contributed by atoms with Crippen molar-refractivity contribution in [1.82, 2.24) is 19.5 Å². The van der Waals surface area contributed by atoms with Crippen molar-refractivity contribution < 1.29 is 9.59 Å². The van der Waals surface area contributed by atoms with E-state index in [-0.39, 0.29) is 11.8 Å². The predicted octanol–water partition coefficient (Wildman–Crippen LogP) is 2.19. The second-order valence-electron chi connectivity index (χ2n) is 6.52. The standard InChI is InChI=1S/C19H19N5O2/c1-12-9-18-20-10-15-11-23(8-7-17(15)24(18)22-12)19(26)14-3-5-16(6-4-14)21-13(2)25/h3-6,9-10H,7-8,11H2,1-2H3,(H,21,25). The molecule has 0 unspecified atom stereocenters. The molecule has 0 aliphatic carbocycles. The molecule has 0 saturated carbocycles. The number of carbonyl (C=O) groups excluding carboxylic acids is 2. The van der Waals surface area contributed by atoms with E-state index in [1.54, 1.807) is 24.3 Å². The van der Waals surface area contributed by atoms with Crippen molar-refractivity contribution in [3.05, 3.63) is 59.0 Å². The van der Waals surface area contributed by atoms with Crippen LogP contribution in [0, 0.1) is 6.92 Å². The van der Waals surface area contributed by atoms with Crippen molar-refractivity contribution in [3.63, 3.8) is 0 Å². The summed E-state index contributed by atoms with van der Waals surface area (Å²) in [4.78, 5) is 30.2. The highest BCUT2D eigenvalue weighted by Crippen LogP contribution is 2.22. The highest BCUT2D eigenvalue weighted by molar-refractivity contribution is 5.95. The van der Waals surface area contributed by atoms with E-state index in [0.29, 0.717) is 24.3 Å². The number of carbonyl (C=O) groups is 2. The molecule has 0 fully saturated rings. The van der Waals surface area contributed by atoms with Gasteiger partial charge in [0.25, 0.3) is 5.91 Å². The fourth-order valence-electron chi connectivity index (χ4n) is 3.31. The van der Waals surface area contributed by atoms with Gasteiger partial charge in [0.2, 0.25) is 5.91 Å². The summed E-state index contributed by atoms with van der Waals surface area (Å²) in [6.07, 6.45) is 2.58. The lowest BCUT2D eigenvalue weighted by Gasteiger charge is -2.28. The van der Waals surface area contributed by atoms with Crippen LogP contribution in [0.3, 0.4) is 0 Å². The molecule has 1 N–H and O–H groups in total. The van der Waals surface area contributed by atoms with E-state index in [0.717, 1.165) is 29.0 Å². The first-order valence-corrected chi connectivity index (χ1v) is 8.51. The first-order chi connectivity index (χ1) is 12.5. The molecule has 2 aromatic heterocycles. The number of benzene rings is 1. The van der Waals surface area contributed by atoms with Crippen molar-refractivity contribution >= 4 is 23.1 Å². The van der Waals surface area contributed by atoms with Crippen LogP contribution < -0.4 is 5.32 Å². The Bertz CT molecular complexity index is 1010. The Morgan fingerprint density at radius 2 is 1.96 bits per heavy atom.